The van der Waals surface area contributed by atoms with E-state index in [2.05, 4.69) is 5.32 Å². The molecule has 20 heavy (non-hydrogen) atoms. The van der Waals surface area contributed by atoms with E-state index in [0.29, 0.717) is 23.7 Å². The summed E-state index contributed by atoms with van der Waals surface area (Å²) in [5.74, 6) is -0.0879. The van der Waals surface area contributed by atoms with E-state index in [1.165, 1.54) is 11.3 Å². The topological polar surface area (TPSA) is 49.4 Å². The predicted octanol–water partition coefficient (Wildman–Crippen LogP) is 2.81. The molecule has 110 valence electrons. The minimum absolute atomic E-state index is 0.0130. The van der Waals surface area contributed by atoms with E-state index in [9.17, 15) is 9.59 Å². The van der Waals surface area contributed by atoms with Crippen LogP contribution >= 0.6 is 22.9 Å². The number of rotatable bonds is 4. The fourth-order valence-corrected chi connectivity index (χ4v) is 3.48. The third kappa shape index (κ3) is 2.56. The van der Waals surface area contributed by atoms with Gasteiger partial charge in [-0.3, -0.25) is 9.59 Å². The Hall–Kier alpha value is -1.07. The van der Waals surface area contributed by atoms with Crippen molar-refractivity contribution in [3.05, 3.63) is 21.3 Å². The van der Waals surface area contributed by atoms with Crippen molar-refractivity contribution in [1.29, 1.82) is 0 Å². The molecule has 1 saturated heterocycles. The van der Waals surface area contributed by atoms with Crippen molar-refractivity contribution in [3.8, 4) is 0 Å². The smallest absolute Gasteiger partial charge is 0.246 e. The van der Waals surface area contributed by atoms with Crippen molar-refractivity contribution < 1.29 is 9.59 Å². The van der Waals surface area contributed by atoms with Gasteiger partial charge in [0.15, 0.2) is 0 Å². The molecule has 4 nitrogen and oxygen atoms in total. The van der Waals surface area contributed by atoms with Crippen molar-refractivity contribution in [1.82, 2.24) is 10.2 Å². The molecule has 1 fully saturated rings. The second-order valence-electron chi connectivity index (χ2n) is 5.19. The lowest BCUT2D eigenvalue weighted by molar-refractivity contribution is -0.157. The largest absolute Gasteiger partial charge is 0.342 e. The average molecular weight is 315 g/mol. The Balaban J connectivity index is 2.32. The number of piperazine rings is 1. The number of hydrogen-bond acceptors (Lipinski definition) is 3. The highest BCUT2D eigenvalue weighted by Gasteiger charge is 2.47. The van der Waals surface area contributed by atoms with Crippen LogP contribution in [0.15, 0.2) is 12.1 Å². The zero-order chi connectivity index (χ0) is 14.9. The summed E-state index contributed by atoms with van der Waals surface area (Å²) in [6.45, 7) is 6.08. The lowest BCUT2D eigenvalue weighted by Crippen LogP contribution is -2.68. The predicted molar refractivity (Wildman–Crippen MR) is 80.8 cm³/mol. The van der Waals surface area contributed by atoms with Gasteiger partial charge >= 0.3 is 0 Å². The molecule has 6 heteroatoms. The van der Waals surface area contributed by atoms with Crippen molar-refractivity contribution in [3.63, 3.8) is 0 Å². The fraction of sp³-hybridized carbons (Fsp3) is 0.571. The minimum atomic E-state index is -0.792. The monoisotopic (exact) mass is 314 g/mol. The maximum atomic E-state index is 12.6. The Morgan fingerprint density at radius 2 is 2.10 bits per heavy atom. The number of carbonyl (C=O) groups is 2. The summed E-state index contributed by atoms with van der Waals surface area (Å²) in [7, 11) is 0. The molecule has 1 aromatic rings. The highest BCUT2D eigenvalue weighted by Crippen LogP contribution is 2.30. The summed E-state index contributed by atoms with van der Waals surface area (Å²) in [6, 6.07) is 3.30. The first-order valence-corrected chi connectivity index (χ1v) is 7.98. The van der Waals surface area contributed by atoms with E-state index < -0.39 is 11.6 Å². The summed E-state index contributed by atoms with van der Waals surface area (Å²) in [5, 5.41) is 2.83. The standard InChI is InChI=1S/C14H19ClN2O2S/c1-4-10-12(18)17(8-9-6-7-11(15)20-9)14(3,5-2)13(19)16-10/h6-7,10H,4-5,8H2,1-3H3,(H,16,19). The number of nitrogens with zero attached hydrogens (tertiary/aromatic N) is 1. The fourth-order valence-electron chi connectivity index (χ4n) is 2.40. The first kappa shape index (κ1) is 15.3. The summed E-state index contributed by atoms with van der Waals surface area (Å²) in [5.41, 5.74) is -0.792. The summed E-state index contributed by atoms with van der Waals surface area (Å²) in [4.78, 5) is 27.6. The zero-order valence-corrected chi connectivity index (χ0v) is 13.5. The third-order valence-corrected chi connectivity index (χ3v) is 5.21. The van der Waals surface area contributed by atoms with Crippen LogP contribution in [0.25, 0.3) is 0 Å². The van der Waals surface area contributed by atoms with E-state index >= 15 is 0 Å². The van der Waals surface area contributed by atoms with Crippen LogP contribution in [0, 0.1) is 0 Å². The Morgan fingerprint density at radius 1 is 1.40 bits per heavy atom. The van der Waals surface area contributed by atoms with Crippen LogP contribution in [-0.4, -0.2) is 28.3 Å². The molecule has 1 N–H and O–H groups in total. The first-order chi connectivity index (χ1) is 9.42. The third-order valence-electron chi connectivity index (χ3n) is 3.99. The number of halogens is 1. The van der Waals surface area contributed by atoms with E-state index in [1.807, 2.05) is 32.9 Å². The van der Waals surface area contributed by atoms with Crippen molar-refractivity contribution in [2.24, 2.45) is 0 Å². The summed E-state index contributed by atoms with van der Waals surface area (Å²) in [6.07, 6.45) is 1.19. The molecule has 2 unspecified atom stereocenters. The number of carbonyl (C=O) groups excluding carboxylic acids is 2. The molecular formula is C14H19ClN2O2S. The molecule has 0 aromatic carbocycles. The van der Waals surface area contributed by atoms with Gasteiger partial charge in [0, 0.05) is 4.88 Å². The number of nitrogens with one attached hydrogen (secondary N) is 1. The van der Waals surface area contributed by atoms with E-state index in [1.54, 1.807) is 4.90 Å². The summed E-state index contributed by atoms with van der Waals surface area (Å²) >= 11 is 7.38. The van der Waals surface area contributed by atoms with Gasteiger partial charge in [0.25, 0.3) is 0 Å². The molecule has 0 bridgehead atoms. The second-order valence-corrected chi connectivity index (χ2v) is 6.99. The number of amides is 2. The average Bonchev–Trinajstić information content (AvgIpc) is 2.84. The van der Waals surface area contributed by atoms with Gasteiger partial charge in [-0.25, -0.2) is 0 Å². The van der Waals surface area contributed by atoms with Crippen LogP contribution in [-0.2, 0) is 16.1 Å². The molecule has 0 radical (unpaired) electrons. The maximum Gasteiger partial charge on any atom is 0.246 e. The SMILES string of the molecule is CCC1NC(=O)C(C)(CC)N(Cc2ccc(Cl)s2)C1=O. The Morgan fingerprint density at radius 3 is 2.60 bits per heavy atom. The number of hydrogen-bond donors (Lipinski definition) is 1. The van der Waals surface area contributed by atoms with Gasteiger partial charge in [0.05, 0.1) is 10.9 Å². The molecule has 2 amide bonds. The van der Waals surface area contributed by atoms with Crippen LogP contribution in [0.4, 0.5) is 0 Å². The zero-order valence-electron chi connectivity index (χ0n) is 11.9. The lowest BCUT2D eigenvalue weighted by atomic mass is 9.90. The molecule has 2 heterocycles. The van der Waals surface area contributed by atoms with E-state index in [-0.39, 0.29) is 11.8 Å². The van der Waals surface area contributed by atoms with Crippen molar-refractivity contribution in [2.75, 3.05) is 0 Å². The van der Waals surface area contributed by atoms with Crippen LogP contribution < -0.4 is 5.32 Å². The first-order valence-electron chi connectivity index (χ1n) is 6.79. The molecule has 1 aliphatic heterocycles. The molecule has 0 spiro atoms. The van der Waals surface area contributed by atoms with E-state index in [4.69, 9.17) is 11.6 Å². The maximum absolute atomic E-state index is 12.6. The summed E-state index contributed by atoms with van der Waals surface area (Å²) < 4.78 is 0.694. The van der Waals surface area contributed by atoms with Crippen LogP contribution in [0.1, 0.15) is 38.5 Å². The van der Waals surface area contributed by atoms with E-state index in [0.717, 1.165) is 4.88 Å². The van der Waals surface area contributed by atoms with Crippen LogP contribution in [0.3, 0.4) is 0 Å². The molecular weight excluding hydrogens is 296 g/mol. The molecule has 2 rings (SSSR count). The van der Waals surface area contributed by atoms with Gasteiger partial charge in [0.2, 0.25) is 11.8 Å². The highest BCUT2D eigenvalue weighted by molar-refractivity contribution is 7.16. The number of thiophene rings is 1. The quantitative estimate of drug-likeness (QED) is 0.929. The van der Waals surface area contributed by atoms with Gasteiger partial charge in [0.1, 0.15) is 11.6 Å². The van der Waals surface area contributed by atoms with Crippen LogP contribution in [0.5, 0.6) is 0 Å². The normalized spacial score (nSPS) is 26.8. The molecule has 0 aliphatic carbocycles. The molecule has 1 aromatic heterocycles. The minimum Gasteiger partial charge on any atom is -0.342 e. The van der Waals surface area contributed by atoms with Gasteiger partial charge in [-0.1, -0.05) is 25.4 Å². The Bertz CT molecular complexity index is 531. The molecule has 1 aliphatic rings. The Kier molecular flexibility index (Phi) is 4.39. The van der Waals surface area contributed by atoms with Gasteiger partial charge in [-0.05, 0) is 31.9 Å². The highest BCUT2D eigenvalue weighted by atomic mass is 35.5. The molecule has 0 saturated carbocycles. The van der Waals surface area contributed by atoms with Gasteiger partial charge < -0.3 is 10.2 Å². The van der Waals surface area contributed by atoms with Gasteiger partial charge in [-0.2, -0.15) is 0 Å². The van der Waals surface area contributed by atoms with Crippen LogP contribution in [0.2, 0.25) is 4.34 Å². The second kappa shape index (κ2) is 5.74. The Labute approximate surface area is 128 Å². The molecule has 2 atom stereocenters. The lowest BCUT2D eigenvalue weighted by Gasteiger charge is -2.45. The van der Waals surface area contributed by atoms with Crippen molar-refractivity contribution in [2.45, 2.75) is 51.7 Å². The van der Waals surface area contributed by atoms with Crippen molar-refractivity contribution >= 4 is 34.8 Å². The van der Waals surface area contributed by atoms with Gasteiger partial charge in [-0.15, -0.1) is 11.3 Å².